The van der Waals surface area contributed by atoms with Gasteiger partial charge in [0.25, 0.3) is 0 Å². The van der Waals surface area contributed by atoms with E-state index in [1.807, 2.05) is 19.9 Å². The van der Waals surface area contributed by atoms with Crippen LogP contribution in [0, 0.1) is 13.8 Å². The van der Waals surface area contributed by atoms with Gasteiger partial charge in [-0.05, 0) is 31.5 Å². The molecule has 6 heteroatoms. The second kappa shape index (κ2) is 4.90. The van der Waals surface area contributed by atoms with Gasteiger partial charge in [0.05, 0.1) is 0 Å². The van der Waals surface area contributed by atoms with Gasteiger partial charge in [-0.2, -0.15) is 4.98 Å². The first-order valence-corrected chi connectivity index (χ1v) is 6.34. The Bertz CT molecular complexity index is 887. The van der Waals surface area contributed by atoms with Gasteiger partial charge >= 0.3 is 5.63 Å². The average molecular weight is 283 g/mol. The van der Waals surface area contributed by atoms with Crippen molar-refractivity contribution in [2.75, 3.05) is 5.73 Å². The zero-order valence-corrected chi connectivity index (χ0v) is 11.6. The predicted octanol–water partition coefficient (Wildman–Crippen LogP) is 2.57. The highest BCUT2D eigenvalue weighted by Crippen LogP contribution is 2.27. The largest absolute Gasteiger partial charge is 0.438 e. The van der Waals surface area contributed by atoms with Gasteiger partial charge in [-0.3, -0.25) is 0 Å². The lowest BCUT2D eigenvalue weighted by molar-refractivity contribution is 0.457. The van der Waals surface area contributed by atoms with E-state index in [4.69, 9.17) is 14.9 Å². The monoisotopic (exact) mass is 283 g/mol. The van der Waals surface area contributed by atoms with Crippen LogP contribution in [-0.4, -0.2) is 9.97 Å². The molecule has 0 saturated heterocycles. The summed E-state index contributed by atoms with van der Waals surface area (Å²) in [5.74, 6) is 1.02. The van der Waals surface area contributed by atoms with E-state index in [1.54, 1.807) is 18.3 Å². The number of ether oxygens (including phenoxy) is 1. The topological polar surface area (TPSA) is 91.2 Å². The SMILES string of the molecule is Cc1cnc(N)nc1Oc1ccc2c(C)cc(=O)oc2c1. The molecule has 0 saturated carbocycles. The fraction of sp³-hybridized carbons (Fsp3) is 0.133. The van der Waals surface area contributed by atoms with Crippen LogP contribution in [0.15, 0.2) is 39.7 Å². The standard InChI is InChI=1S/C15H13N3O3/c1-8-5-13(19)21-12-6-10(3-4-11(8)12)20-14-9(2)7-17-15(16)18-14/h3-7H,1-2H3,(H2,16,17,18). The van der Waals surface area contributed by atoms with E-state index in [9.17, 15) is 4.79 Å². The lowest BCUT2D eigenvalue weighted by atomic mass is 10.1. The van der Waals surface area contributed by atoms with E-state index >= 15 is 0 Å². The maximum Gasteiger partial charge on any atom is 0.336 e. The number of benzene rings is 1. The minimum Gasteiger partial charge on any atom is -0.438 e. The Hall–Kier alpha value is -2.89. The molecule has 0 atom stereocenters. The fourth-order valence-corrected chi connectivity index (χ4v) is 2.02. The summed E-state index contributed by atoms with van der Waals surface area (Å²) < 4.78 is 10.9. The zero-order chi connectivity index (χ0) is 15.0. The van der Waals surface area contributed by atoms with Crippen molar-refractivity contribution >= 4 is 16.9 Å². The third kappa shape index (κ3) is 2.55. The van der Waals surface area contributed by atoms with Gasteiger partial charge in [0.2, 0.25) is 11.8 Å². The van der Waals surface area contributed by atoms with Crippen molar-refractivity contribution in [2.24, 2.45) is 0 Å². The Morgan fingerprint density at radius 3 is 2.81 bits per heavy atom. The van der Waals surface area contributed by atoms with Crippen LogP contribution in [-0.2, 0) is 0 Å². The first-order valence-electron chi connectivity index (χ1n) is 6.34. The van der Waals surface area contributed by atoms with E-state index in [2.05, 4.69) is 9.97 Å². The molecule has 2 heterocycles. The molecule has 0 fully saturated rings. The Kier molecular flexibility index (Phi) is 3.06. The maximum atomic E-state index is 11.4. The minimum atomic E-state index is -0.389. The summed E-state index contributed by atoms with van der Waals surface area (Å²) in [6, 6.07) is 6.73. The van der Waals surface area contributed by atoms with Crippen molar-refractivity contribution < 1.29 is 9.15 Å². The van der Waals surface area contributed by atoms with Gasteiger partial charge in [-0.1, -0.05) is 0 Å². The third-order valence-electron chi connectivity index (χ3n) is 3.08. The number of aryl methyl sites for hydroxylation is 2. The molecule has 2 N–H and O–H groups in total. The normalized spacial score (nSPS) is 10.8. The third-order valence-corrected chi connectivity index (χ3v) is 3.08. The number of rotatable bonds is 2. The quantitative estimate of drug-likeness (QED) is 0.727. The maximum absolute atomic E-state index is 11.4. The van der Waals surface area contributed by atoms with Crippen molar-refractivity contribution in [1.82, 2.24) is 9.97 Å². The number of aromatic nitrogens is 2. The van der Waals surface area contributed by atoms with Crippen molar-refractivity contribution in [3.05, 3.63) is 52.0 Å². The molecular weight excluding hydrogens is 270 g/mol. The predicted molar refractivity (Wildman–Crippen MR) is 78.5 cm³/mol. The molecule has 0 amide bonds. The van der Waals surface area contributed by atoms with E-state index in [0.29, 0.717) is 17.2 Å². The van der Waals surface area contributed by atoms with Gasteiger partial charge in [0.1, 0.15) is 11.3 Å². The summed E-state index contributed by atoms with van der Waals surface area (Å²) in [6.07, 6.45) is 1.59. The summed E-state index contributed by atoms with van der Waals surface area (Å²) in [5.41, 5.74) is 7.25. The van der Waals surface area contributed by atoms with E-state index in [-0.39, 0.29) is 11.6 Å². The number of nitrogens with zero attached hydrogens (tertiary/aromatic N) is 2. The number of nitrogens with two attached hydrogens (primary N) is 1. The Morgan fingerprint density at radius 1 is 1.19 bits per heavy atom. The fourth-order valence-electron chi connectivity index (χ4n) is 2.02. The van der Waals surface area contributed by atoms with E-state index < -0.39 is 0 Å². The number of anilines is 1. The molecule has 0 aliphatic rings. The van der Waals surface area contributed by atoms with Gasteiger partial charge in [0.15, 0.2) is 0 Å². The van der Waals surface area contributed by atoms with Crippen molar-refractivity contribution in [1.29, 1.82) is 0 Å². The lowest BCUT2D eigenvalue weighted by Crippen LogP contribution is -2.00. The first kappa shape index (κ1) is 13.1. The molecule has 0 aliphatic carbocycles. The molecule has 3 rings (SSSR count). The Labute approximate surface area is 120 Å². The molecule has 106 valence electrons. The summed E-state index contributed by atoms with van der Waals surface area (Å²) in [4.78, 5) is 19.3. The molecule has 0 radical (unpaired) electrons. The highest BCUT2D eigenvalue weighted by atomic mass is 16.5. The molecule has 0 aliphatic heterocycles. The highest BCUT2D eigenvalue weighted by molar-refractivity contribution is 5.81. The molecule has 2 aromatic heterocycles. The molecule has 1 aromatic carbocycles. The summed E-state index contributed by atoms with van der Waals surface area (Å²) >= 11 is 0. The van der Waals surface area contributed by atoms with Crippen LogP contribution in [0.5, 0.6) is 11.6 Å². The van der Waals surface area contributed by atoms with Crippen LogP contribution in [0.4, 0.5) is 5.95 Å². The van der Waals surface area contributed by atoms with Crippen LogP contribution in [0.1, 0.15) is 11.1 Å². The zero-order valence-electron chi connectivity index (χ0n) is 11.6. The minimum absolute atomic E-state index is 0.138. The first-order chi connectivity index (χ1) is 10.0. The molecule has 6 nitrogen and oxygen atoms in total. The Morgan fingerprint density at radius 2 is 2.00 bits per heavy atom. The number of hydrogen-bond donors (Lipinski definition) is 1. The second-order valence-corrected chi connectivity index (χ2v) is 4.72. The molecule has 0 spiro atoms. The van der Waals surface area contributed by atoms with E-state index in [0.717, 1.165) is 16.5 Å². The van der Waals surface area contributed by atoms with Gasteiger partial charge in [-0.15, -0.1) is 0 Å². The number of fused-ring (bicyclic) bond motifs is 1. The lowest BCUT2D eigenvalue weighted by Gasteiger charge is -2.08. The number of hydrogen-bond acceptors (Lipinski definition) is 6. The molecule has 0 bridgehead atoms. The molecule has 3 aromatic rings. The van der Waals surface area contributed by atoms with Gasteiger partial charge in [0, 0.05) is 29.3 Å². The number of nitrogen functional groups attached to an aromatic ring is 1. The molecule has 0 unspecified atom stereocenters. The summed E-state index contributed by atoms with van der Waals surface area (Å²) in [6.45, 7) is 3.68. The Balaban J connectivity index is 2.05. The summed E-state index contributed by atoms with van der Waals surface area (Å²) in [5, 5.41) is 0.862. The van der Waals surface area contributed by atoms with Crippen LogP contribution in [0.2, 0.25) is 0 Å². The van der Waals surface area contributed by atoms with Gasteiger partial charge in [-0.25, -0.2) is 9.78 Å². The molecule has 21 heavy (non-hydrogen) atoms. The molecular formula is C15H13N3O3. The van der Waals surface area contributed by atoms with Crippen molar-refractivity contribution in [3.63, 3.8) is 0 Å². The van der Waals surface area contributed by atoms with Crippen LogP contribution in [0.25, 0.3) is 11.0 Å². The summed E-state index contributed by atoms with van der Waals surface area (Å²) in [7, 11) is 0. The van der Waals surface area contributed by atoms with Gasteiger partial charge < -0.3 is 14.9 Å². The van der Waals surface area contributed by atoms with Crippen LogP contribution < -0.4 is 16.1 Å². The van der Waals surface area contributed by atoms with Crippen LogP contribution in [0.3, 0.4) is 0 Å². The smallest absolute Gasteiger partial charge is 0.336 e. The average Bonchev–Trinajstić information content (AvgIpc) is 2.42. The highest BCUT2D eigenvalue weighted by Gasteiger charge is 2.08. The van der Waals surface area contributed by atoms with E-state index in [1.165, 1.54) is 6.07 Å². The van der Waals surface area contributed by atoms with Crippen LogP contribution >= 0.6 is 0 Å². The second-order valence-electron chi connectivity index (χ2n) is 4.72. The van der Waals surface area contributed by atoms with Crippen molar-refractivity contribution in [3.8, 4) is 11.6 Å². The van der Waals surface area contributed by atoms with Crippen molar-refractivity contribution in [2.45, 2.75) is 13.8 Å².